The Balaban J connectivity index is 1.63. The number of hydrogen-bond donors (Lipinski definition) is 2. The summed E-state index contributed by atoms with van der Waals surface area (Å²) in [5.41, 5.74) is 1.13. The first-order chi connectivity index (χ1) is 13.3. The van der Waals surface area contributed by atoms with Crippen LogP contribution in [-0.4, -0.2) is 37.8 Å². The fourth-order valence-electron chi connectivity index (χ4n) is 2.68. The SMILES string of the molecule is C[C@H](OC(=O)CNS(=O)(=O)c1ccccc1F)C(=O)c1c[nH]c2ccccc12. The lowest BCUT2D eigenvalue weighted by Gasteiger charge is -2.13. The van der Waals surface area contributed by atoms with Crippen molar-refractivity contribution >= 4 is 32.7 Å². The van der Waals surface area contributed by atoms with Crippen LogP contribution in [0.1, 0.15) is 17.3 Å². The van der Waals surface area contributed by atoms with Gasteiger partial charge in [-0.2, -0.15) is 4.72 Å². The van der Waals surface area contributed by atoms with Gasteiger partial charge >= 0.3 is 5.97 Å². The van der Waals surface area contributed by atoms with E-state index in [1.807, 2.05) is 10.8 Å². The van der Waals surface area contributed by atoms with Crippen molar-refractivity contribution in [3.63, 3.8) is 0 Å². The van der Waals surface area contributed by atoms with E-state index >= 15 is 0 Å². The minimum Gasteiger partial charge on any atom is -0.453 e. The van der Waals surface area contributed by atoms with Crippen LogP contribution < -0.4 is 4.72 Å². The van der Waals surface area contributed by atoms with E-state index < -0.39 is 45.1 Å². The van der Waals surface area contributed by atoms with E-state index in [1.54, 1.807) is 18.2 Å². The second kappa shape index (κ2) is 7.91. The lowest BCUT2D eigenvalue weighted by molar-refractivity contribution is -0.144. The standard InChI is InChI=1S/C19H17FN2O5S/c1-12(19(24)14-10-21-16-8-4-2-6-13(14)16)27-18(23)11-22-28(25,26)17-9-5-3-7-15(17)20/h2-10,12,21-22H,11H2,1H3/t12-/m0/s1. The minimum atomic E-state index is -4.23. The first kappa shape index (κ1) is 19.7. The number of para-hydroxylation sites is 1. The molecule has 0 amide bonds. The number of nitrogens with one attached hydrogen (secondary N) is 2. The third kappa shape index (κ3) is 4.10. The molecule has 0 aliphatic rings. The summed E-state index contributed by atoms with van der Waals surface area (Å²) in [5, 5.41) is 0.690. The summed E-state index contributed by atoms with van der Waals surface area (Å²) in [7, 11) is -4.23. The number of carbonyl (C=O) groups excluding carboxylic acids is 2. The molecule has 0 bridgehead atoms. The number of ether oxygens (including phenoxy) is 1. The molecular weight excluding hydrogens is 387 g/mol. The van der Waals surface area contributed by atoms with Crippen LogP contribution in [0.25, 0.3) is 10.9 Å². The molecule has 0 saturated heterocycles. The van der Waals surface area contributed by atoms with E-state index in [-0.39, 0.29) is 0 Å². The molecule has 0 saturated carbocycles. The van der Waals surface area contributed by atoms with Crippen molar-refractivity contribution in [2.75, 3.05) is 6.54 Å². The van der Waals surface area contributed by atoms with Crippen molar-refractivity contribution < 1.29 is 27.1 Å². The van der Waals surface area contributed by atoms with Crippen molar-refractivity contribution in [1.82, 2.24) is 9.71 Å². The summed E-state index contributed by atoms with van der Waals surface area (Å²) in [6.07, 6.45) is 0.405. The van der Waals surface area contributed by atoms with Gasteiger partial charge in [-0.25, -0.2) is 12.8 Å². The number of ketones is 1. The minimum absolute atomic E-state index is 0.364. The highest BCUT2D eigenvalue weighted by atomic mass is 32.2. The maximum Gasteiger partial charge on any atom is 0.321 e. The number of benzene rings is 2. The van der Waals surface area contributed by atoms with Gasteiger partial charge in [0.1, 0.15) is 17.3 Å². The summed E-state index contributed by atoms with van der Waals surface area (Å²) in [5.74, 6) is -2.32. The number of rotatable bonds is 7. The van der Waals surface area contributed by atoms with E-state index in [2.05, 4.69) is 4.98 Å². The molecule has 3 aromatic rings. The van der Waals surface area contributed by atoms with E-state index in [9.17, 15) is 22.4 Å². The zero-order valence-electron chi connectivity index (χ0n) is 14.8. The van der Waals surface area contributed by atoms with E-state index in [0.717, 1.165) is 17.6 Å². The summed E-state index contributed by atoms with van der Waals surface area (Å²) in [6, 6.07) is 11.9. The number of aromatic nitrogens is 1. The van der Waals surface area contributed by atoms with E-state index in [0.29, 0.717) is 10.9 Å². The topological polar surface area (TPSA) is 105 Å². The highest BCUT2D eigenvalue weighted by Gasteiger charge is 2.24. The summed E-state index contributed by atoms with van der Waals surface area (Å²) in [6.45, 7) is 0.662. The van der Waals surface area contributed by atoms with E-state index in [1.165, 1.54) is 25.3 Å². The number of H-pyrrole nitrogens is 1. The van der Waals surface area contributed by atoms with Gasteiger partial charge in [-0.15, -0.1) is 0 Å². The molecule has 7 nitrogen and oxygen atoms in total. The lowest BCUT2D eigenvalue weighted by Crippen LogP contribution is -2.34. The summed E-state index contributed by atoms with van der Waals surface area (Å²) >= 11 is 0. The van der Waals surface area contributed by atoms with Crippen molar-refractivity contribution in [2.24, 2.45) is 0 Å². The largest absolute Gasteiger partial charge is 0.453 e. The molecule has 1 heterocycles. The fraction of sp³-hybridized carbons (Fsp3) is 0.158. The molecule has 1 aromatic heterocycles. The van der Waals surface area contributed by atoms with Gasteiger partial charge in [0.2, 0.25) is 15.8 Å². The molecule has 0 radical (unpaired) electrons. The van der Waals surface area contributed by atoms with Gasteiger partial charge < -0.3 is 9.72 Å². The second-order valence-corrected chi connectivity index (χ2v) is 7.73. The van der Waals surface area contributed by atoms with Gasteiger partial charge in [0.15, 0.2) is 6.10 Å². The normalized spacial score (nSPS) is 12.6. The number of fused-ring (bicyclic) bond motifs is 1. The van der Waals surface area contributed by atoms with Gasteiger partial charge in [0.05, 0.1) is 0 Å². The zero-order chi connectivity index (χ0) is 20.3. The monoisotopic (exact) mass is 404 g/mol. The molecule has 28 heavy (non-hydrogen) atoms. The molecule has 0 aliphatic carbocycles. The molecule has 2 aromatic carbocycles. The van der Waals surface area contributed by atoms with Gasteiger partial charge in [-0.1, -0.05) is 30.3 Å². The molecular formula is C19H17FN2O5S. The van der Waals surface area contributed by atoms with Crippen molar-refractivity contribution in [2.45, 2.75) is 17.9 Å². The van der Waals surface area contributed by atoms with Crippen LogP contribution in [0.2, 0.25) is 0 Å². The molecule has 1 atom stereocenters. The van der Waals surface area contributed by atoms with Crippen LogP contribution in [0.5, 0.6) is 0 Å². The first-order valence-electron chi connectivity index (χ1n) is 8.33. The molecule has 0 unspecified atom stereocenters. The van der Waals surface area contributed by atoms with Crippen molar-refractivity contribution in [1.29, 1.82) is 0 Å². The lowest BCUT2D eigenvalue weighted by atomic mass is 10.1. The van der Waals surface area contributed by atoms with Crippen LogP contribution in [0.4, 0.5) is 4.39 Å². The van der Waals surface area contributed by atoms with Crippen LogP contribution in [0.3, 0.4) is 0 Å². The highest BCUT2D eigenvalue weighted by Crippen LogP contribution is 2.20. The number of esters is 1. The maximum absolute atomic E-state index is 13.6. The van der Waals surface area contributed by atoms with Crippen LogP contribution in [0, 0.1) is 5.82 Å². The zero-order valence-corrected chi connectivity index (χ0v) is 15.6. The third-order valence-corrected chi connectivity index (χ3v) is 5.50. The molecule has 2 N–H and O–H groups in total. The van der Waals surface area contributed by atoms with Gasteiger partial charge in [-0.3, -0.25) is 9.59 Å². The molecule has 146 valence electrons. The van der Waals surface area contributed by atoms with Crippen LogP contribution in [0.15, 0.2) is 59.6 Å². The Morgan fingerprint density at radius 1 is 1.14 bits per heavy atom. The van der Waals surface area contributed by atoms with Crippen molar-refractivity contribution in [3.8, 4) is 0 Å². The van der Waals surface area contributed by atoms with Gasteiger partial charge in [-0.05, 0) is 25.1 Å². The molecule has 9 heteroatoms. The quantitative estimate of drug-likeness (QED) is 0.465. The molecule has 0 spiro atoms. The van der Waals surface area contributed by atoms with Crippen LogP contribution in [-0.2, 0) is 19.6 Å². The Morgan fingerprint density at radius 3 is 2.57 bits per heavy atom. The molecule has 0 aliphatic heterocycles. The smallest absolute Gasteiger partial charge is 0.321 e. The maximum atomic E-state index is 13.6. The van der Waals surface area contributed by atoms with Gasteiger partial charge in [0.25, 0.3) is 0 Å². The Labute approximate surface area is 160 Å². The number of halogens is 1. The van der Waals surface area contributed by atoms with Gasteiger partial charge in [0, 0.05) is 22.7 Å². The molecule has 3 rings (SSSR count). The van der Waals surface area contributed by atoms with Crippen LogP contribution >= 0.6 is 0 Å². The third-order valence-electron chi connectivity index (χ3n) is 4.06. The summed E-state index contributed by atoms with van der Waals surface area (Å²) < 4.78 is 44.8. The predicted molar refractivity (Wildman–Crippen MR) is 99.8 cm³/mol. The summed E-state index contributed by atoms with van der Waals surface area (Å²) in [4.78, 5) is 26.9. The number of carbonyl (C=O) groups is 2. The number of sulfonamides is 1. The number of Topliss-reactive ketones (excluding diaryl/α,β-unsaturated/α-hetero) is 1. The predicted octanol–water partition coefficient (Wildman–Crippen LogP) is 2.40. The molecule has 0 fully saturated rings. The second-order valence-electron chi connectivity index (χ2n) is 6.00. The van der Waals surface area contributed by atoms with E-state index in [4.69, 9.17) is 4.74 Å². The Hall–Kier alpha value is -3.04. The average molecular weight is 404 g/mol. The number of hydrogen-bond acceptors (Lipinski definition) is 5. The average Bonchev–Trinajstić information content (AvgIpc) is 3.10. The number of aromatic amines is 1. The first-order valence-corrected chi connectivity index (χ1v) is 9.82. The highest BCUT2D eigenvalue weighted by molar-refractivity contribution is 7.89. The fourth-order valence-corrected chi connectivity index (χ4v) is 3.73. The Kier molecular flexibility index (Phi) is 5.57. The Morgan fingerprint density at radius 2 is 1.82 bits per heavy atom. The Bertz CT molecular complexity index is 1140. The van der Waals surface area contributed by atoms with Crippen molar-refractivity contribution in [3.05, 3.63) is 66.1 Å².